The van der Waals surface area contributed by atoms with Gasteiger partial charge in [-0.2, -0.15) is 0 Å². The summed E-state index contributed by atoms with van der Waals surface area (Å²) in [5, 5.41) is 0. The van der Waals surface area contributed by atoms with E-state index in [-0.39, 0.29) is 5.41 Å². The minimum atomic E-state index is 0.135. The molecule has 0 saturated heterocycles. The maximum absolute atomic E-state index is 4.38. The maximum atomic E-state index is 4.38. The molecule has 0 saturated carbocycles. The third kappa shape index (κ3) is 2.07. The van der Waals surface area contributed by atoms with Gasteiger partial charge in [-0.1, -0.05) is 36.7 Å². The lowest BCUT2D eigenvalue weighted by molar-refractivity contribution is 0.568. The summed E-state index contributed by atoms with van der Waals surface area (Å²) in [6.45, 7) is 8.54. The quantitative estimate of drug-likeness (QED) is 0.662. The molecule has 12 heavy (non-hydrogen) atoms. The van der Waals surface area contributed by atoms with Crippen molar-refractivity contribution in [1.29, 1.82) is 0 Å². The largest absolute Gasteiger partial charge is 0.260 e. The van der Waals surface area contributed by atoms with Crippen LogP contribution in [0.4, 0.5) is 0 Å². The highest BCUT2D eigenvalue weighted by Crippen LogP contribution is 2.24. The van der Waals surface area contributed by atoms with E-state index in [4.69, 9.17) is 0 Å². The van der Waals surface area contributed by atoms with Crippen molar-refractivity contribution in [2.24, 2.45) is 0 Å². The molecule has 0 N–H and O–H groups in total. The summed E-state index contributed by atoms with van der Waals surface area (Å²) in [6.07, 6.45) is 1.91. The lowest BCUT2D eigenvalue weighted by Gasteiger charge is -2.17. The third-order valence-corrected chi connectivity index (χ3v) is 2.66. The van der Waals surface area contributed by atoms with Gasteiger partial charge in [0, 0.05) is 21.8 Å². The fourth-order valence-corrected chi connectivity index (χ4v) is 1.23. The van der Waals surface area contributed by atoms with Crippen LogP contribution >= 0.6 is 15.9 Å². The first kappa shape index (κ1) is 9.72. The fourth-order valence-electron chi connectivity index (χ4n) is 0.909. The van der Waals surface area contributed by atoms with Crippen molar-refractivity contribution in [1.82, 2.24) is 4.98 Å². The molecule has 0 amide bonds. The Balaban J connectivity index is 3.14. The van der Waals surface area contributed by atoms with Gasteiger partial charge in [-0.15, -0.1) is 0 Å². The molecule has 2 heteroatoms. The standard InChI is InChI=1S/C10H14BrN/c1-7-6-12-9(5-8(7)11)10(2,3)4/h5-6H,1-4H3. The Labute approximate surface area is 82.3 Å². The summed E-state index contributed by atoms with van der Waals surface area (Å²) >= 11 is 3.50. The number of rotatable bonds is 0. The molecule has 0 unspecified atom stereocenters. The van der Waals surface area contributed by atoms with Crippen LogP contribution in [0.15, 0.2) is 16.7 Å². The zero-order chi connectivity index (χ0) is 9.35. The lowest BCUT2D eigenvalue weighted by Crippen LogP contribution is -2.13. The van der Waals surface area contributed by atoms with Crippen molar-refractivity contribution in [2.75, 3.05) is 0 Å². The Hall–Kier alpha value is -0.370. The highest BCUT2D eigenvalue weighted by atomic mass is 79.9. The minimum absolute atomic E-state index is 0.135. The van der Waals surface area contributed by atoms with Gasteiger partial charge in [-0.3, -0.25) is 4.98 Å². The summed E-state index contributed by atoms with van der Waals surface area (Å²) in [5.41, 5.74) is 2.44. The van der Waals surface area contributed by atoms with Gasteiger partial charge in [-0.25, -0.2) is 0 Å². The highest BCUT2D eigenvalue weighted by Gasteiger charge is 2.15. The second kappa shape index (κ2) is 3.17. The highest BCUT2D eigenvalue weighted by molar-refractivity contribution is 9.10. The van der Waals surface area contributed by atoms with Crippen molar-refractivity contribution in [2.45, 2.75) is 33.1 Å². The van der Waals surface area contributed by atoms with Crippen molar-refractivity contribution in [3.05, 3.63) is 28.0 Å². The van der Waals surface area contributed by atoms with E-state index in [1.165, 1.54) is 5.56 Å². The van der Waals surface area contributed by atoms with Crippen molar-refractivity contribution in [3.63, 3.8) is 0 Å². The van der Waals surface area contributed by atoms with Crippen LogP contribution in [0.2, 0.25) is 0 Å². The van der Waals surface area contributed by atoms with Gasteiger partial charge >= 0.3 is 0 Å². The van der Waals surface area contributed by atoms with Crippen molar-refractivity contribution < 1.29 is 0 Å². The molecule has 0 radical (unpaired) electrons. The number of hydrogen-bond donors (Lipinski definition) is 0. The van der Waals surface area contributed by atoms with E-state index in [1.807, 2.05) is 13.1 Å². The van der Waals surface area contributed by atoms with Crippen LogP contribution in [0.3, 0.4) is 0 Å². The molecule has 0 spiro atoms. The first-order chi connectivity index (χ1) is 5.41. The second-order valence-electron chi connectivity index (χ2n) is 4.07. The molecule has 1 aromatic rings. The van der Waals surface area contributed by atoms with E-state index in [0.29, 0.717) is 0 Å². The van der Waals surface area contributed by atoms with Gasteiger partial charge in [0.2, 0.25) is 0 Å². The summed E-state index contributed by atoms with van der Waals surface area (Å²) in [5.74, 6) is 0. The molecule has 1 heterocycles. The van der Waals surface area contributed by atoms with Crippen LogP contribution in [-0.2, 0) is 5.41 Å². The van der Waals surface area contributed by atoms with E-state index < -0.39 is 0 Å². The van der Waals surface area contributed by atoms with Crippen LogP contribution in [0.5, 0.6) is 0 Å². The van der Waals surface area contributed by atoms with Crippen molar-refractivity contribution in [3.8, 4) is 0 Å². The second-order valence-corrected chi connectivity index (χ2v) is 4.92. The Morgan fingerprint density at radius 3 is 2.33 bits per heavy atom. The molecule has 0 aliphatic rings. The molecule has 66 valence electrons. The molecule has 0 fully saturated rings. The minimum Gasteiger partial charge on any atom is -0.260 e. The van der Waals surface area contributed by atoms with Crippen LogP contribution < -0.4 is 0 Å². The topological polar surface area (TPSA) is 12.9 Å². The average Bonchev–Trinajstić information content (AvgIpc) is 1.92. The molecular weight excluding hydrogens is 214 g/mol. The molecule has 1 nitrogen and oxygen atoms in total. The zero-order valence-corrected chi connectivity index (χ0v) is 9.57. The van der Waals surface area contributed by atoms with E-state index in [0.717, 1.165) is 10.2 Å². The predicted molar refractivity (Wildman–Crippen MR) is 55.4 cm³/mol. The predicted octanol–water partition coefficient (Wildman–Crippen LogP) is 3.45. The van der Waals surface area contributed by atoms with Crippen LogP contribution in [0, 0.1) is 6.92 Å². The molecule has 0 aliphatic heterocycles. The Morgan fingerprint density at radius 1 is 1.33 bits per heavy atom. The van der Waals surface area contributed by atoms with E-state index in [2.05, 4.69) is 47.8 Å². The van der Waals surface area contributed by atoms with E-state index in [9.17, 15) is 0 Å². The molecule has 1 aromatic heterocycles. The first-order valence-corrected chi connectivity index (χ1v) is 4.83. The Kier molecular flexibility index (Phi) is 2.57. The molecule has 0 atom stereocenters. The smallest absolute Gasteiger partial charge is 0.0468 e. The van der Waals surface area contributed by atoms with Gasteiger partial charge < -0.3 is 0 Å². The molecule has 0 aromatic carbocycles. The molecule has 0 aliphatic carbocycles. The van der Waals surface area contributed by atoms with Gasteiger partial charge in [0.05, 0.1) is 0 Å². The average molecular weight is 228 g/mol. The summed E-state index contributed by atoms with van der Waals surface area (Å²) in [4.78, 5) is 4.38. The van der Waals surface area contributed by atoms with Crippen LogP contribution in [-0.4, -0.2) is 4.98 Å². The first-order valence-electron chi connectivity index (χ1n) is 4.04. The maximum Gasteiger partial charge on any atom is 0.0468 e. The number of hydrogen-bond acceptors (Lipinski definition) is 1. The van der Waals surface area contributed by atoms with E-state index >= 15 is 0 Å². The van der Waals surface area contributed by atoms with Gasteiger partial charge in [-0.05, 0) is 18.6 Å². The van der Waals surface area contributed by atoms with Gasteiger partial charge in [0.15, 0.2) is 0 Å². The van der Waals surface area contributed by atoms with Crippen LogP contribution in [0.1, 0.15) is 32.0 Å². The van der Waals surface area contributed by atoms with Gasteiger partial charge in [0.25, 0.3) is 0 Å². The number of nitrogens with zero attached hydrogens (tertiary/aromatic N) is 1. The summed E-state index contributed by atoms with van der Waals surface area (Å²) in [7, 11) is 0. The summed E-state index contributed by atoms with van der Waals surface area (Å²) < 4.78 is 1.14. The number of aryl methyl sites for hydroxylation is 1. The Bertz CT molecular complexity index is 286. The SMILES string of the molecule is Cc1cnc(C(C)(C)C)cc1Br. The fraction of sp³-hybridized carbons (Fsp3) is 0.500. The number of halogens is 1. The zero-order valence-electron chi connectivity index (χ0n) is 7.98. The molecule has 0 bridgehead atoms. The molecule has 1 rings (SSSR count). The van der Waals surface area contributed by atoms with Gasteiger partial charge in [0.1, 0.15) is 0 Å². The van der Waals surface area contributed by atoms with Crippen LogP contribution in [0.25, 0.3) is 0 Å². The number of aromatic nitrogens is 1. The monoisotopic (exact) mass is 227 g/mol. The third-order valence-electron chi connectivity index (χ3n) is 1.81. The van der Waals surface area contributed by atoms with E-state index in [1.54, 1.807) is 0 Å². The molecular formula is C10H14BrN. The summed E-state index contributed by atoms with van der Waals surface area (Å²) in [6, 6.07) is 2.09. The Morgan fingerprint density at radius 2 is 1.92 bits per heavy atom. The normalized spacial score (nSPS) is 11.8. The lowest BCUT2D eigenvalue weighted by atomic mass is 9.91. The van der Waals surface area contributed by atoms with Crippen molar-refractivity contribution >= 4 is 15.9 Å². The number of pyridine rings is 1.